The largest absolute Gasteiger partial charge is 0.479 e. The number of nitrogens with zero attached hydrogens (tertiary/aromatic N) is 1. The number of aryl methyl sites for hydroxylation is 2. The molecule has 0 spiro atoms. The minimum atomic E-state index is -0.753. The number of carbonyl (C=O) groups is 1. The second-order valence-electron chi connectivity index (χ2n) is 6.58. The van der Waals surface area contributed by atoms with Crippen LogP contribution in [0.1, 0.15) is 36.0 Å². The zero-order valence-corrected chi connectivity index (χ0v) is 15.8. The van der Waals surface area contributed by atoms with E-state index in [9.17, 15) is 9.59 Å². The van der Waals surface area contributed by atoms with Gasteiger partial charge in [-0.05, 0) is 50.3 Å². The van der Waals surface area contributed by atoms with E-state index >= 15 is 0 Å². The van der Waals surface area contributed by atoms with Gasteiger partial charge in [0.15, 0.2) is 6.10 Å². The summed E-state index contributed by atoms with van der Waals surface area (Å²) in [4.78, 5) is 33.9. The van der Waals surface area contributed by atoms with Crippen LogP contribution in [0, 0.1) is 0 Å². The van der Waals surface area contributed by atoms with E-state index in [4.69, 9.17) is 9.47 Å². The Morgan fingerprint density at radius 1 is 1.26 bits per heavy atom. The van der Waals surface area contributed by atoms with Crippen molar-refractivity contribution in [3.8, 4) is 5.75 Å². The van der Waals surface area contributed by atoms with Crippen molar-refractivity contribution in [1.29, 1.82) is 0 Å². The normalized spacial score (nSPS) is 14.6. The number of esters is 1. The van der Waals surface area contributed by atoms with Gasteiger partial charge in [-0.25, -0.2) is 9.78 Å². The summed E-state index contributed by atoms with van der Waals surface area (Å²) in [6.07, 6.45) is 3.45. The molecule has 0 amide bonds. The molecule has 7 heteroatoms. The SMILES string of the molecule is C[C@H](Oc1ccccc1)C(=O)OCc1nc2sc3c(c2c(=O)[nH]1)CCCC3. The summed E-state index contributed by atoms with van der Waals surface area (Å²) < 4.78 is 10.8. The number of aromatic amines is 1. The van der Waals surface area contributed by atoms with Crippen molar-refractivity contribution in [2.45, 2.75) is 45.3 Å². The molecule has 1 aliphatic rings. The molecule has 0 unspecified atom stereocenters. The number of carbonyl (C=O) groups excluding carboxylic acids is 1. The second kappa shape index (κ2) is 7.52. The van der Waals surface area contributed by atoms with Crippen molar-refractivity contribution < 1.29 is 14.3 Å². The first kappa shape index (κ1) is 17.7. The summed E-state index contributed by atoms with van der Waals surface area (Å²) in [6, 6.07) is 9.08. The van der Waals surface area contributed by atoms with Crippen LogP contribution in [-0.4, -0.2) is 22.0 Å². The molecule has 1 N–H and O–H groups in total. The minimum Gasteiger partial charge on any atom is -0.479 e. The van der Waals surface area contributed by atoms with Gasteiger partial charge in [0.05, 0.1) is 5.39 Å². The minimum absolute atomic E-state index is 0.0882. The van der Waals surface area contributed by atoms with Crippen molar-refractivity contribution in [2.24, 2.45) is 0 Å². The molecule has 3 aromatic rings. The average Bonchev–Trinajstić information content (AvgIpc) is 3.05. The van der Waals surface area contributed by atoms with E-state index < -0.39 is 12.1 Å². The first-order valence-electron chi connectivity index (χ1n) is 9.03. The molecule has 1 aromatic carbocycles. The molecule has 27 heavy (non-hydrogen) atoms. The maximum absolute atomic E-state index is 12.5. The van der Waals surface area contributed by atoms with E-state index in [-0.39, 0.29) is 12.2 Å². The molecule has 0 radical (unpaired) electrons. The van der Waals surface area contributed by atoms with Gasteiger partial charge in [0.1, 0.15) is 23.0 Å². The topological polar surface area (TPSA) is 81.3 Å². The molecule has 6 nitrogen and oxygen atoms in total. The number of aromatic nitrogens is 2. The maximum atomic E-state index is 12.5. The Hall–Kier alpha value is -2.67. The van der Waals surface area contributed by atoms with E-state index in [1.54, 1.807) is 30.4 Å². The number of para-hydroxylation sites is 1. The van der Waals surface area contributed by atoms with Crippen molar-refractivity contribution in [3.05, 3.63) is 57.0 Å². The van der Waals surface area contributed by atoms with Crippen molar-refractivity contribution in [2.75, 3.05) is 0 Å². The lowest BCUT2D eigenvalue weighted by molar-refractivity contribution is -0.152. The molecule has 0 bridgehead atoms. The quantitative estimate of drug-likeness (QED) is 0.682. The third kappa shape index (κ3) is 3.73. The number of rotatable bonds is 5. The van der Waals surface area contributed by atoms with Gasteiger partial charge in [0.25, 0.3) is 5.56 Å². The Morgan fingerprint density at radius 3 is 2.85 bits per heavy atom. The van der Waals surface area contributed by atoms with Gasteiger partial charge in [0.2, 0.25) is 0 Å². The number of benzene rings is 1. The Morgan fingerprint density at radius 2 is 2.04 bits per heavy atom. The van der Waals surface area contributed by atoms with Crippen LogP contribution in [0.15, 0.2) is 35.1 Å². The van der Waals surface area contributed by atoms with Crippen LogP contribution in [0.3, 0.4) is 0 Å². The third-order valence-electron chi connectivity index (χ3n) is 4.61. The second-order valence-corrected chi connectivity index (χ2v) is 7.67. The molecule has 1 aliphatic carbocycles. The summed E-state index contributed by atoms with van der Waals surface area (Å²) in [5, 5.41) is 0.700. The number of ether oxygens (including phenoxy) is 2. The van der Waals surface area contributed by atoms with Gasteiger partial charge in [-0.1, -0.05) is 18.2 Å². The fraction of sp³-hybridized carbons (Fsp3) is 0.350. The first-order chi connectivity index (χ1) is 13.1. The number of thiophene rings is 1. The molecule has 0 aliphatic heterocycles. The fourth-order valence-corrected chi connectivity index (χ4v) is 4.57. The predicted molar refractivity (Wildman–Crippen MR) is 103 cm³/mol. The van der Waals surface area contributed by atoms with Gasteiger partial charge in [-0.15, -0.1) is 11.3 Å². The molecule has 4 rings (SSSR count). The lowest BCUT2D eigenvalue weighted by atomic mass is 9.97. The standard InChI is InChI=1S/C20H20N2O4S/c1-12(26-13-7-3-2-4-8-13)20(24)25-11-16-21-18(23)17-14-9-5-6-10-15(14)27-19(17)22-16/h2-4,7-8,12H,5-6,9-11H2,1H3,(H,21,22,23)/t12-/m0/s1. The average molecular weight is 384 g/mol. The highest BCUT2D eigenvalue weighted by Crippen LogP contribution is 2.33. The van der Waals surface area contributed by atoms with Crippen LogP contribution in [0.2, 0.25) is 0 Å². The highest BCUT2D eigenvalue weighted by Gasteiger charge is 2.21. The molecular formula is C20H20N2O4S. The van der Waals surface area contributed by atoms with Gasteiger partial charge in [-0.2, -0.15) is 0 Å². The number of fused-ring (bicyclic) bond motifs is 3. The Balaban J connectivity index is 1.46. The van der Waals surface area contributed by atoms with Gasteiger partial charge >= 0.3 is 5.97 Å². The summed E-state index contributed by atoms with van der Waals surface area (Å²) in [5.41, 5.74) is 0.988. The van der Waals surface area contributed by atoms with E-state index in [1.807, 2.05) is 18.2 Å². The van der Waals surface area contributed by atoms with Crippen LogP contribution in [-0.2, 0) is 29.0 Å². The third-order valence-corrected chi connectivity index (χ3v) is 5.80. The number of nitrogens with one attached hydrogen (secondary N) is 1. The molecule has 0 saturated heterocycles. The summed E-state index contributed by atoms with van der Waals surface area (Å²) >= 11 is 1.57. The molecular weight excluding hydrogens is 364 g/mol. The zero-order valence-electron chi connectivity index (χ0n) is 15.0. The molecule has 2 aromatic heterocycles. The van der Waals surface area contributed by atoms with E-state index in [0.717, 1.165) is 36.1 Å². The van der Waals surface area contributed by atoms with Crippen LogP contribution >= 0.6 is 11.3 Å². The first-order valence-corrected chi connectivity index (χ1v) is 9.85. The lowest BCUT2D eigenvalue weighted by Gasteiger charge is -2.13. The Labute approximate surface area is 160 Å². The van der Waals surface area contributed by atoms with Crippen molar-refractivity contribution in [1.82, 2.24) is 9.97 Å². The predicted octanol–water partition coefficient (Wildman–Crippen LogP) is 3.37. The smallest absolute Gasteiger partial charge is 0.347 e. The molecule has 0 saturated carbocycles. The molecule has 2 heterocycles. The van der Waals surface area contributed by atoms with Crippen molar-refractivity contribution >= 4 is 27.5 Å². The Kier molecular flexibility index (Phi) is 4.94. The highest BCUT2D eigenvalue weighted by atomic mass is 32.1. The fourth-order valence-electron chi connectivity index (χ4n) is 3.28. The number of hydrogen-bond acceptors (Lipinski definition) is 6. The molecule has 140 valence electrons. The maximum Gasteiger partial charge on any atom is 0.347 e. The van der Waals surface area contributed by atoms with Gasteiger partial charge in [-0.3, -0.25) is 4.79 Å². The van der Waals surface area contributed by atoms with E-state index in [2.05, 4.69) is 9.97 Å². The zero-order chi connectivity index (χ0) is 18.8. The number of hydrogen-bond donors (Lipinski definition) is 1. The van der Waals surface area contributed by atoms with Crippen LogP contribution in [0.5, 0.6) is 5.75 Å². The monoisotopic (exact) mass is 384 g/mol. The van der Waals surface area contributed by atoms with E-state index in [0.29, 0.717) is 17.0 Å². The summed E-state index contributed by atoms with van der Waals surface area (Å²) in [7, 11) is 0. The summed E-state index contributed by atoms with van der Waals surface area (Å²) in [5.74, 6) is 0.442. The van der Waals surface area contributed by atoms with Crippen molar-refractivity contribution in [3.63, 3.8) is 0 Å². The Bertz CT molecular complexity index is 1030. The highest BCUT2D eigenvalue weighted by molar-refractivity contribution is 7.18. The number of H-pyrrole nitrogens is 1. The van der Waals surface area contributed by atoms with Gasteiger partial charge in [0, 0.05) is 4.88 Å². The van der Waals surface area contributed by atoms with Gasteiger partial charge < -0.3 is 14.5 Å². The molecule has 0 fully saturated rings. The van der Waals surface area contributed by atoms with Crippen LogP contribution in [0.4, 0.5) is 0 Å². The summed E-state index contributed by atoms with van der Waals surface area (Å²) in [6.45, 7) is 1.54. The molecule has 1 atom stereocenters. The van der Waals surface area contributed by atoms with Crippen LogP contribution in [0.25, 0.3) is 10.2 Å². The van der Waals surface area contributed by atoms with E-state index in [1.165, 1.54) is 4.88 Å². The van der Waals surface area contributed by atoms with Crippen LogP contribution < -0.4 is 10.3 Å². The lowest BCUT2D eigenvalue weighted by Crippen LogP contribution is -2.26.